The Morgan fingerprint density at radius 1 is 1.03 bits per heavy atom. The van der Waals surface area contributed by atoms with Crippen LogP contribution in [0.5, 0.6) is 0 Å². The number of nitrogens with zero attached hydrogens (tertiary/aromatic N) is 5. The average Bonchev–Trinajstić information content (AvgIpc) is 3.38. The highest BCUT2D eigenvalue weighted by atomic mass is 16.6. The van der Waals surface area contributed by atoms with Gasteiger partial charge in [-0.1, -0.05) is 11.2 Å². The number of carbonyl (C=O) groups excluding carboxylic acids is 2. The third-order valence-corrected chi connectivity index (χ3v) is 5.39. The lowest BCUT2D eigenvalue weighted by atomic mass is 10.1. The van der Waals surface area contributed by atoms with Crippen molar-refractivity contribution in [1.82, 2.24) is 30.2 Å². The second-order valence-electron chi connectivity index (χ2n) is 11.0. The van der Waals surface area contributed by atoms with E-state index >= 15 is 0 Å². The fourth-order valence-corrected chi connectivity index (χ4v) is 3.85. The summed E-state index contributed by atoms with van der Waals surface area (Å²) in [5.41, 5.74) is 7.40. The molecular formula is C26H34N8O5. The SMILES string of the molecule is CC(C)(C)OC(=O)NCCCCn1nc(-c2ccc3c(NC(=O)OC(C)(C)C)noc3c2)c2c(N)ncnc21. The van der Waals surface area contributed by atoms with Crippen LogP contribution in [0.2, 0.25) is 0 Å². The third-order valence-electron chi connectivity index (χ3n) is 5.39. The first-order chi connectivity index (χ1) is 18.3. The van der Waals surface area contributed by atoms with Crippen molar-refractivity contribution in [1.29, 1.82) is 0 Å². The summed E-state index contributed by atoms with van der Waals surface area (Å²) < 4.78 is 17.8. The van der Waals surface area contributed by atoms with E-state index in [1.54, 1.807) is 37.6 Å². The molecule has 4 N–H and O–H groups in total. The monoisotopic (exact) mass is 538 g/mol. The summed E-state index contributed by atoms with van der Waals surface area (Å²) in [5.74, 6) is 0.557. The summed E-state index contributed by atoms with van der Waals surface area (Å²) in [6.45, 7) is 11.8. The van der Waals surface area contributed by atoms with Gasteiger partial charge in [-0.15, -0.1) is 0 Å². The molecule has 0 aliphatic heterocycles. The van der Waals surface area contributed by atoms with Gasteiger partial charge in [0.2, 0.25) is 0 Å². The number of alkyl carbamates (subject to hydrolysis) is 1. The van der Waals surface area contributed by atoms with Crippen molar-refractivity contribution in [3.05, 3.63) is 24.5 Å². The molecule has 0 aliphatic rings. The number of ether oxygens (including phenoxy) is 2. The van der Waals surface area contributed by atoms with E-state index in [9.17, 15) is 9.59 Å². The number of unbranched alkanes of at least 4 members (excludes halogenated alkanes) is 1. The Bertz CT molecular complexity index is 1500. The second kappa shape index (κ2) is 10.8. The van der Waals surface area contributed by atoms with E-state index in [0.29, 0.717) is 53.0 Å². The summed E-state index contributed by atoms with van der Waals surface area (Å²) in [5, 5.41) is 15.3. The first-order valence-corrected chi connectivity index (χ1v) is 12.6. The maximum atomic E-state index is 12.2. The van der Waals surface area contributed by atoms with Crippen LogP contribution in [0.4, 0.5) is 21.2 Å². The second-order valence-corrected chi connectivity index (χ2v) is 11.0. The summed E-state index contributed by atoms with van der Waals surface area (Å²) in [6, 6.07) is 5.38. The van der Waals surface area contributed by atoms with Crippen molar-refractivity contribution in [3.8, 4) is 11.3 Å². The lowest BCUT2D eigenvalue weighted by molar-refractivity contribution is 0.0525. The Kier molecular flexibility index (Phi) is 7.61. The van der Waals surface area contributed by atoms with Crippen LogP contribution in [-0.4, -0.2) is 54.8 Å². The average molecular weight is 539 g/mol. The van der Waals surface area contributed by atoms with Gasteiger partial charge < -0.3 is 25.0 Å². The van der Waals surface area contributed by atoms with Crippen molar-refractivity contribution >= 4 is 45.8 Å². The maximum absolute atomic E-state index is 12.2. The van der Waals surface area contributed by atoms with Crippen LogP contribution in [0, 0.1) is 0 Å². The van der Waals surface area contributed by atoms with Gasteiger partial charge in [0.25, 0.3) is 0 Å². The molecule has 0 spiro atoms. The minimum Gasteiger partial charge on any atom is -0.444 e. The minimum absolute atomic E-state index is 0.254. The van der Waals surface area contributed by atoms with Gasteiger partial charge in [-0.2, -0.15) is 5.10 Å². The molecule has 0 saturated heterocycles. The van der Waals surface area contributed by atoms with Gasteiger partial charge in [-0.05, 0) is 66.5 Å². The smallest absolute Gasteiger partial charge is 0.413 e. The van der Waals surface area contributed by atoms with Crippen molar-refractivity contribution in [2.75, 3.05) is 17.6 Å². The number of amides is 2. The minimum atomic E-state index is -0.646. The van der Waals surface area contributed by atoms with E-state index in [2.05, 4.69) is 25.8 Å². The van der Waals surface area contributed by atoms with E-state index in [1.807, 2.05) is 26.8 Å². The zero-order chi connectivity index (χ0) is 28.4. The molecule has 0 atom stereocenters. The summed E-state index contributed by atoms with van der Waals surface area (Å²) in [6.07, 6.45) is 1.78. The molecule has 3 aromatic heterocycles. The van der Waals surface area contributed by atoms with Gasteiger partial charge in [0.1, 0.15) is 29.0 Å². The molecule has 0 radical (unpaired) electrons. The molecule has 2 amide bonds. The molecule has 0 fully saturated rings. The number of benzene rings is 1. The van der Waals surface area contributed by atoms with Gasteiger partial charge in [0.15, 0.2) is 17.0 Å². The van der Waals surface area contributed by atoms with Crippen LogP contribution in [-0.2, 0) is 16.0 Å². The Morgan fingerprint density at radius 3 is 2.46 bits per heavy atom. The first kappa shape index (κ1) is 27.6. The number of nitrogen functional groups attached to an aromatic ring is 1. The number of nitrogens with one attached hydrogen (secondary N) is 2. The van der Waals surface area contributed by atoms with Crippen LogP contribution in [0.25, 0.3) is 33.3 Å². The van der Waals surface area contributed by atoms with E-state index < -0.39 is 23.4 Å². The van der Waals surface area contributed by atoms with Crippen molar-refractivity contribution in [3.63, 3.8) is 0 Å². The lowest BCUT2D eigenvalue weighted by Crippen LogP contribution is -2.33. The number of nitrogens with two attached hydrogens (primary N) is 1. The number of carbonyl (C=O) groups is 2. The molecule has 0 aliphatic carbocycles. The largest absolute Gasteiger partial charge is 0.444 e. The van der Waals surface area contributed by atoms with Gasteiger partial charge in [-0.3, -0.25) is 5.32 Å². The molecule has 3 heterocycles. The number of fused-ring (bicyclic) bond motifs is 2. The molecule has 208 valence electrons. The molecule has 4 rings (SSSR count). The number of hydrogen-bond donors (Lipinski definition) is 3. The molecule has 13 nitrogen and oxygen atoms in total. The van der Waals surface area contributed by atoms with Crippen LogP contribution in [0.3, 0.4) is 0 Å². The standard InChI is InChI=1S/C26H34N8O5/c1-25(2,3)37-23(35)28-11-7-8-12-34-22-18(20(27)29-14-30-22)19(32-34)15-9-10-16-17(13-15)39-33-21(16)31-24(36)38-26(4,5)6/h9-10,13-14H,7-8,11-12H2,1-6H3,(H,28,35)(H2,27,29,30)(H,31,33,36). The fourth-order valence-electron chi connectivity index (χ4n) is 3.85. The molecule has 1 aromatic carbocycles. The zero-order valence-electron chi connectivity index (χ0n) is 23.0. The Balaban J connectivity index is 1.50. The van der Waals surface area contributed by atoms with E-state index in [-0.39, 0.29) is 5.82 Å². The Morgan fingerprint density at radius 2 is 1.74 bits per heavy atom. The number of anilines is 2. The molecule has 0 bridgehead atoms. The highest BCUT2D eigenvalue weighted by Gasteiger charge is 2.21. The maximum Gasteiger partial charge on any atom is 0.413 e. The van der Waals surface area contributed by atoms with Crippen molar-refractivity contribution in [2.24, 2.45) is 0 Å². The van der Waals surface area contributed by atoms with Crippen LogP contribution >= 0.6 is 0 Å². The van der Waals surface area contributed by atoms with Crippen LogP contribution < -0.4 is 16.4 Å². The summed E-state index contributed by atoms with van der Waals surface area (Å²) >= 11 is 0. The number of rotatable bonds is 7. The van der Waals surface area contributed by atoms with Gasteiger partial charge in [0.05, 0.1) is 10.8 Å². The number of aryl methyl sites for hydroxylation is 1. The van der Waals surface area contributed by atoms with Gasteiger partial charge >= 0.3 is 12.2 Å². The van der Waals surface area contributed by atoms with Gasteiger partial charge in [0, 0.05) is 18.7 Å². The highest BCUT2D eigenvalue weighted by molar-refractivity contribution is 6.02. The molecule has 0 unspecified atom stereocenters. The normalized spacial score (nSPS) is 12.1. The highest BCUT2D eigenvalue weighted by Crippen LogP contribution is 2.33. The fraction of sp³-hybridized carbons (Fsp3) is 0.462. The van der Waals surface area contributed by atoms with Crippen LogP contribution in [0.15, 0.2) is 29.0 Å². The van der Waals surface area contributed by atoms with Crippen LogP contribution in [0.1, 0.15) is 54.4 Å². The quantitative estimate of drug-likeness (QED) is 0.276. The Hall–Kier alpha value is -4.42. The zero-order valence-corrected chi connectivity index (χ0v) is 23.0. The molecule has 0 saturated carbocycles. The number of aromatic nitrogens is 5. The molecule has 4 aromatic rings. The summed E-state index contributed by atoms with van der Waals surface area (Å²) in [4.78, 5) is 32.6. The molecular weight excluding hydrogens is 504 g/mol. The third kappa shape index (κ3) is 6.92. The van der Waals surface area contributed by atoms with E-state index in [1.165, 1.54) is 6.33 Å². The predicted octanol–water partition coefficient (Wildman–Crippen LogP) is 4.87. The lowest BCUT2D eigenvalue weighted by Gasteiger charge is -2.19. The number of hydrogen-bond acceptors (Lipinski definition) is 10. The molecule has 39 heavy (non-hydrogen) atoms. The van der Waals surface area contributed by atoms with Crippen molar-refractivity contribution < 1.29 is 23.6 Å². The Labute approximate surface area is 225 Å². The van der Waals surface area contributed by atoms with Gasteiger partial charge in [-0.25, -0.2) is 24.2 Å². The first-order valence-electron chi connectivity index (χ1n) is 12.6. The predicted molar refractivity (Wildman–Crippen MR) is 146 cm³/mol. The van der Waals surface area contributed by atoms with E-state index in [4.69, 9.17) is 24.8 Å². The topological polar surface area (TPSA) is 172 Å². The summed E-state index contributed by atoms with van der Waals surface area (Å²) in [7, 11) is 0. The van der Waals surface area contributed by atoms with Crippen molar-refractivity contribution in [2.45, 2.75) is 72.1 Å². The molecule has 13 heteroatoms. The van der Waals surface area contributed by atoms with E-state index in [0.717, 1.165) is 12.0 Å².